The van der Waals surface area contributed by atoms with Gasteiger partial charge in [-0.15, -0.1) is 0 Å². The minimum absolute atomic E-state index is 0.718. The molecule has 0 aromatic heterocycles. The van der Waals surface area contributed by atoms with Crippen LogP contribution in [0.1, 0.15) is 15.9 Å². The SMILES string of the molecule is O=Cc1ccc(C[PH](c2ccccc2)(c2ccccc2)c2ccccc2)cc1. The summed E-state index contributed by atoms with van der Waals surface area (Å²) in [6.45, 7) is 0. The van der Waals surface area contributed by atoms with E-state index in [2.05, 4.69) is 103 Å². The van der Waals surface area contributed by atoms with E-state index in [1.54, 1.807) is 0 Å². The van der Waals surface area contributed by atoms with Crippen molar-refractivity contribution in [1.82, 2.24) is 0 Å². The molecule has 0 aliphatic carbocycles. The van der Waals surface area contributed by atoms with Gasteiger partial charge >= 0.3 is 167 Å². The summed E-state index contributed by atoms with van der Waals surface area (Å²) < 4.78 is 0. The van der Waals surface area contributed by atoms with Crippen LogP contribution in [-0.4, -0.2) is 6.29 Å². The van der Waals surface area contributed by atoms with Crippen LogP contribution in [0.3, 0.4) is 0 Å². The number of hydrogen-bond acceptors (Lipinski definition) is 1. The fraction of sp³-hybridized carbons (Fsp3) is 0.0385. The molecule has 4 aromatic carbocycles. The van der Waals surface area contributed by atoms with Crippen LogP contribution < -0.4 is 15.9 Å². The van der Waals surface area contributed by atoms with E-state index >= 15 is 0 Å². The first-order chi connectivity index (χ1) is 13.8. The molecule has 4 aromatic rings. The van der Waals surface area contributed by atoms with Gasteiger partial charge < -0.3 is 0 Å². The summed E-state index contributed by atoms with van der Waals surface area (Å²) in [5, 5.41) is 4.19. The van der Waals surface area contributed by atoms with E-state index in [0.29, 0.717) is 0 Å². The summed E-state index contributed by atoms with van der Waals surface area (Å²) >= 11 is 0. The van der Waals surface area contributed by atoms with Gasteiger partial charge in [0.2, 0.25) is 0 Å². The Kier molecular flexibility index (Phi) is 5.46. The van der Waals surface area contributed by atoms with E-state index in [4.69, 9.17) is 0 Å². The van der Waals surface area contributed by atoms with Gasteiger partial charge in [-0.05, 0) is 0 Å². The van der Waals surface area contributed by atoms with E-state index in [1.165, 1.54) is 21.5 Å². The second-order valence-corrected chi connectivity index (χ2v) is 10.9. The van der Waals surface area contributed by atoms with Crippen molar-refractivity contribution in [3.8, 4) is 0 Å². The second kappa shape index (κ2) is 8.33. The Labute approximate surface area is 167 Å². The van der Waals surface area contributed by atoms with Crippen molar-refractivity contribution in [3.63, 3.8) is 0 Å². The molecular weight excluding hydrogens is 359 g/mol. The predicted molar refractivity (Wildman–Crippen MR) is 122 cm³/mol. The molecule has 0 amide bonds. The van der Waals surface area contributed by atoms with Crippen molar-refractivity contribution in [2.45, 2.75) is 6.16 Å². The van der Waals surface area contributed by atoms with Crippen molar-refractivity contribution in [2.24, 2.45) is 0 Å². The van der Waals surface area contributed by atoms with E-state index in [-0.39, 0.29) is 0 Å². The molecule has 0 fully saturated rings. The van der Waals surface area contributed by atoms with Gasteiger partial charge in [-0.2, -0.15) is 0 Å². The fourth-order valence-corrected chi connectivity index (χ4v) is 8.74. The maximum absolute atomic E-state index is 11.1. The summed E-state index contributed by atoms with van der Waals surface area (Å²) in [6, 6.07) is 40.7. The maximum atomic E-state index is 11.1. The molecule has 0 saturated heterocycles. The zero-order chi connectivity index (χ0) is 19.2. The van der Waals surface area contributed by atoms with Gasteiger partial charge in [-0.3, -0.25) is 0 Å². The summed E-state index contributed by atoms with van der Waals surface area (Å²) in [6.07, 6.45) is 1.85. The summed E-state index contributed by atoms with van der Waals surface area (Å²) in [5.74, 6) is 0. The molecule has 2 heteroatoms. The molecule has 0 bridgehead atoms. The first kappa shape index (κ1) is 18.3. The van der Waals surface area contributed by atoms with Crippen molar-refractivity contribution < 1.29 is 4.79 Å². The van der Waals surface area contributed by atoms with Crippen LogP contribution in [0.25, 0.3) is 0 Å². The molecule has 138 valence electrons. The average Bonchev–Trinajstić information content (AvgIpc) is 2.80. The van der Waals surface area contributed by atoms with E-state index in [0.717, 1.165) is 18.0 Å². The van der Waals surface area contributed by atoms with Crippen molar-refractivity contribution in [2.75, 3.05) is 0 Å². The Morgan fingerprint density at radius 3 is 1.29 bits per heavy atom. The molecule has 0 saturated carbocycles. The Bertz CT molecular complexity index is 929. The van der Waals surface area contributed by atoms with Gasteiger partial charge in [0.25, 0.3) is 0 Å². The number of carbonyl (C=O) groups excluding carboxylic acids is 1. The number of hydrogen-bond donors (Lipinski definition) is 0. The van der Waals surface area contributed by atoms with Crippen LogP contribution in [0, 0.1) is 0 Å². The van der Waals surface area contributed by atoms with Crippen LogP contribution >= 0.6 is 7.26 Å². The first-order valence-electron chi connectivity index (χ1n) is 9.53. The molecule has 0 aliphatic heterocycles. The van der Waals surface area contributed by atoms with Gasteiger partial charge in [0.05, 0.1) is 0 Å². The molecule has 0 radical (unpaired) electrons. The third kappa shape index (κ3) is 3.54. The average molecular weight is 382 g/mol. The van der Waals surface area contributed by atoms with E-state index < -0.39 is 7.26 Å². The topological polar surface area (TPSA) is 17.1 Å². The zero-order valence-electron chi connectivity index (χ0n) is 15.7. The van der Waals surface area contributed by atoms with E-state index in [9.17, 15) is 4.79 Å². The Hall–Kier alpha value is -3.02. The first-order valence-corrected chi connectivity index (χ1v) is 11.7. The van der Waals surface area contributed by atoms with Crippen molar-refractivity contribution in [3.05, 3.63) is 126 Å². The molecule has 0 aliphatic rings. The summed E-state index contributed by atoms with van der Waals surface area (Å²) in [5.41, 5.74) is 1.98. The molecule has 0 heterocycles. The molecule has 0 atom stereocenters. The standard InChI is InChI=1S/C26H23OP/c27-20-22-16-18-23(19-17-22)21-28(24-10-4-1-5-11-24,25-12-6-2-7-13-25)26-14-8-3-9-15-26/h1-20,28H,21H2. The van der Waals surface area contributed by atoms with Crippen LogP contribution in [-0.2, 0) is 6.16 Å². The fourth-order valence-electron chi connectivity index (χ4n) is 3.99. The van der Waals surface area contributed by atoms with E-state index in [1.807, 2.05) is 12.1 Å². The van der Waals surface area contributed by atoms with Crippen LogP contribution in [0.5, 0.6) is 0 Å². The van der Waals surface area contributed by atoms with Gasteiger partial charge in [-0.25, -0.2) is 0 Å². The van der Waals surface area contributed by atoms with Crippen LogP contribution in [0.2, 0.25) is 0 Å². The quantitative estimate of drug-likeness (QED) is 0.348. The van der Waals surface area contributed by atoms with Crippen molar-refractivity contribution in [1.29, 1.82) is 0 Å². The third-order valence-corrected chi connectivity index (χ3v) is 10.3. The Balaban J connectivity index is 1.96. The van der Waals surface area contributed by atoms with Gasteiger partial charge in [-0.1, -0.05) is 0 Å². The van der Waals surface area contributed by atoms with Gasteiger partial charge in [0.1, 0.15) is 0 Å². The van der Waals surface area contributed by atoms with Gasteiger partial charge in [0, 0.05) is 0 Å². The monoisotopic (exact) mass is 382 g/mol. The minimum atomic E-state index is -2.28. The number of carbonyl (C=O) groups is 1. The zero-order valence-corrected chi connectivity index (χ0v) is 16.7. The number of rotatable bonds is 6. The molecule has 0 unspecified atom stereocenters. The predicted octanol–water partition coefficient (Wildman–Crippen LogP) is 4.73. The Morgan fingerprint density at radius 1 is 0.536 bits per heavy atom. The molecule has 28 heavy (non-hydrogen) atoms. The van der Waals surface area contributed by atoms with Crippen LogP contribution in [0.15, 0.2) is 115 Å². The van der Waals surface area contributed by atoms with Crippen LogP contribution in [0.4, 0.5) is 0 Å². The normalized spacial score (nSPS) is 11.7. The van der Waals surface area contributed by atoms with Crippen molar-refractivity contribution >= 4 is 29.5 Å². The van der Waals surface area contributed by atoms with Gasteiger partial charge in [0.15, 0.2) is 0 Å². The molecule has 0 N–H and O–H groups in total. The molecule has 0 spiro atoms. The molecule has 1 nitrogen and oxygen atoms in total. The molecule has 4 rings (SSSR count). The molecular formula is C26H23OP. The number of aldehydes is 1. The Morgan fingerprint density at radius 2 is 0.929 bits per heavy atom. The second-order valence-electron chi connectivity index (χ2n) is 7.04. The summed E-state index contributed by atoms with van der Waals surface area (Å²) in [4.78, 5) is 11.1. The number of benzene rings is 4. The third-order valence-electron chi connectivity index (χ3n) is 5.38. The summed E-state index contributed by atoms with van der Waals surface area (Å²) in [7, 11) is -2.28.